The van der Waals surface area contributed by atoms with Crippen LogP contribution in [0.5, 0.6) is 0 Å². The topological polar surface area (TPSA) is 45.5 Å². The molecule has 0 saturated carbocycles. The fourth-order valence-corrected chi connectivity index (χ4v) is 4.04. The van der Waals surface area contributed by atoms with Gasteiger partial charge < -0.3 is 14.6 Å². The van der Waals surface area contributed by atoms with E-state index in [9.17, 15) is 9.18 Å². The van der Waals surface area contributed by atoms with E-state index in [2.05, 4.69) is 17.4 Å². The van der Waals surface area contributed by atoms with E-state index in [-0.39, 0.29) is 24.2 Å². The summed E-state index contributed by atoms with van der Waals surface area (Å²) in [6.45, 7) is 0.417. The third-order valence-corrected chi connectivity index (χ3v) is 5.57. The Hall–Kier alpha value is -2.66. The first kappa shape index (κ1) is 18.7. The third-order valence-electron chi connectivity index (χ3n) is 5.57. The summed E-state index contributed by atoms with van der Waals surface area (Å²) in [5, 5.41) is 4.03. The van der Waals surface area contributed by atoms with Crippen molar-refractivity contribution in [3.8, 4) is 0 Å². The quantitative estimate of drug-likeness (QED) is 0.702. The van der Waals surface area contributed by atoms with Crippen LogP contribution in [0.1, 0.15) is 34.7 Å². The number of furan rings is 1. The summed E-state index contributed by atoms with van der Waals surface area (Å²) >= 11 is 0. The van der Waals surface area contributed by atoms with Crippen molar-refractivity contribution in [2.45, 2.75) is 31.7 Å². The number of fused-ring (bicyclic) bond motifs is 2. The maximum Gasteiger partial charge on any atom is 0.224 e. The molecule has 0 bridgehead atoms. The number of hydrogen-bond acceptors (Lipinski definition) is 3. The van der Waals surface area contributed by atoms with E-state index >= 15 is 0 Å². The van der Waals surface area contributed by atoms with Crippen LogP contribution >= 0.6 is 0 Å². The second-order valence-corrected chi connectivity index (χ2v) is 7.75. The van der Waals surface area contributed by atoms with Crippen molar-refractivity contribution in [3.05, 3.63) is 70.7 Å². The SMILES string of the molecule is CN(C)C(CNC(=O)Cc1coc2cc3c(cc12)CCC3)c1cccc(F)c1. The van der Waals surface area contributed by atoms with E-state index in [1.54, 1.807) is 12.3 Å². The zero-order valence-corrected chi connectivity index (χ0v) is 16.3. The largest absolute Gasteiger partial charge is 0.464 e. The van der Waals surface area contributed by atoms with Gasteiger partial charge in [-0.25, -0.2) is 4.39 Å². The molecule has 4 rings (SSSR count). The number of rotatable bonds is 6. The molecule has 4 nitrogen and oxygen atoms in total. The summed E-state index contributed by atoms with van der Waals surface area (Å²) in [6.07, 6.45) is 5.35. The Morgan fingerprint density at radius 3 is 2.75 bits per heavy atom. The van der Waals surface area contributed by atoms with Gasteiger partial charge in [-0.1, -0.05) is 12.1 Å². The molecular formula is C23H25FN2O2. The number of halogens is 1. The number of nitrogens with zero attached hydrogens (tertiary/aromatic N) is 1. The number of aryl methyl sites for hydroxylation is 2. The van der Waals surface area contributed by atoms with Crippen molar-refractivity contribution < 1.29 is 13.6 Å². The summed E-state index contributed by atoms with van der Waals surface area (Å²) < 4.78 is 19.3. The number of hydrogen-bond donors (Lipinski definition) is 1. The van der Waals surface area contributed by atoms with Gasteiger partial charge in [0.15, 0.2) is 0 Å². The van der Waals surface area contributed by atoms with E-state index in [1.807, 2.05) is 25.1 Å². The van der Waals surface area contributed by atoms with Gasteiger partial charge in [0.05, 0.1) is 18.7 Å². The Bertz CT molecular complexity index is 1010. The van der Waals surface area contributed by atoms with Crippen LogP contribution in [0.15, 0.2) is 47.1 Å². The van der Waals surface area contributed by atoms with Gasteiger partial charge in [0, 0.05) is 17.5 Å². The van der Waals surface area contributed by atoms with Gasteiger partial charge in [-0.2, -0.15) is 0 Å². The van der Waals surface area contributed by atoms with Gasteiger partial charge >= 0.3 is 0 Å². The number of amides is 1. The molecule has 0 aliphatic heterocycles. The molecule has 0 saturated heterocycles. The van der Waals surface area contributed by atoms with Gasteiger partial charge in [-0.05, 0) is 74.3 Å². The predicted molar refractivity (Wildman–Crippen MR) is 108 cm³/mol. The van der Waals surface area contributed by atoms with Crippen molar-refractivity contribution in [2.75, 3.05) is 20.6 Å². The lowest BCUT2D eigenvalue weighted by Crippen LogP contribution is -2.35. The molecule has 1 aliphatic carbocycles. The number of likely N-dealkylation sites (N-methyl/N-ethyl adjacent to an activating group) is 1. The van der Waals surface area contributed by atoms with Crippen molar-refractivity contribution >= 4 is 16.9 Å². The number of carbonyl (C=O) groups excluding carboxylic acids is 1. The second kappa shape index (κ2) is 7.76. The standard InChI is InChI=1S/C23H25FN2O2/c1-26(2)21(17-7-4-8-19(24)9-17)13-25-23(27)12-18-14-28-22-11-16-6-3-5-15(16)10-20(18)22/h4,7-11,14,21H,3,5-6,12-13H2,1-2H3,(H,25,27). The average Bonchev–Trinajstić information content (AvgIpc) is 3.26. The molecule has 1 atom stereocenters. The van der Waals surface area contributed by atoms with Crippen LogP contribution in [0, 0.1) is 5.82 Å². The monoisotopic (exact) mass is 380 g/mol. The number of benzene rings is 2. The van der Waals surface area contributed by atoms with Gasteiger partial charge in [0.1, 0.15) is 11.4 Å². The maximum atomic E-state index is 13.6. The lowest BCUT2D eigenvalue weighted by molar-refractivity contribution is -0.120. The lowest BCUT2D eigenvalue weighted by Gasteiger charge is -2.25. The van der Waals surface area contributed by atoms with Crippen LogP contribution in [0.2, 0.25) is 0 Å². The van der Waals surface area contributed by atoms with Crippen LogP contribution in [-0.2, 0) is 24.1 Å². The minimum atomic E-state index is -0.270. The zero-order chi connectivity index (χ0) is 19.7. The van der Waals surface area contributed by atoms with E-state index in [4.69, 9.17) is 4.42 Å². The van der Waals surface area contributed by atoms with Crippen molar-refractivity contribution in [3.63, 3.8) is 0 Å². The number of nitrogens with one attached hydrogen (secondary N) is 1. The first-order chi connectivity index (χ1) is 13.5. The molecule has 1 aliphatic rings. The maximum absolute atomic E-state index is 13.6. The highest BCUT2D eigenvalue weighted by molar-refractivity contribution is 5.88. The van der Waals surface area contributed by atoms with Gasteiger partial charge in [-0.15, -0.1) is 0 Å². The molecule has 1 amide bonds. The fourth-order valence-electron chi connectivity index (χ4n) is 4.04. The van der Waals surface area contributed by atoms with Crippen LogP contribution in [0.4, 0.5) is 4.39 Å². The first-order valence-corrected chi connectivity index (χ1v) is 9.71. The Morgan fingerprint density at radius 1 is 1.21 bits per heavy atom. The molecule has 1 N–H and O–H groups in total. The summed E-state index contributed by atoms with van der Waals surface area (Å²) in [4.78, 5) is 14.5. The highest BCUT2D eigenvalue weighted by Crippen LogP contribution is 2.30. The summed E-state index contributed by atoms with van der Waals surface area (Å²) in [7, 11) is 3.85. The highest BCUT2D eigenvalue weighted by Gasteiger charge is 2.19. The van der Waals surface area contributed by atoms with E-state index < -0.39 is 0 Å². The van der Waals surface area contributed by atoms with Crippen molar-refractivity contribution in [2.24, 2.45) is 0 Å². The Balaban J connectivity index is 1.45. The minimum Gasteiger partial charge on any atom is -0.464 e. The summed E-state index contributed by atoms with van der Waals surface area (Å²) in [5.74, 6) is -0.334. The second-order valence-electron chi connectivity index (χ2n) is 7.75. The Labute approximate surface area is 164 Å². The fraction of sp³-hybridized carbons (Fsp3) is 0.348. The molecule has 5 heteroatoms. The average molecular weight is 380 g/mol. The first-order valence-electron chi connectivity index (χ1n) is 9.71. The van der Waals surface area contributed by atoms with E-state index in [1.165, 1.54) is 29.7 Å². The minimum absolute atomic E-state index is 0.0635. The van der Waals surface area contributed by atoms with Gasteiger partial charge in [0.25, 0.3) is 0 Å². The van der Waals surface area contributed by atoms with Gasteiger partial charge in [0.2, 0.25) is 5.91 Å². The van der Waals surface area contributed by atoms with Crippen LogP contribution in [-0.4, -0.2) is 31.4 Å². The zero-order valence-electron chi connectivity index (χ0n) is 16.3. The summed E-state index contributed by atoms with van der Waals surface area (Å²) in [6, 6.07) is 10.7. The van der Waals surface area contributed by atoms with E-state index in [0.717, 1.165) is 34.9 Å². The molecular weight excluding hydrogens is 355 g/mol. The van der Waals surface area contributed by atoms with Gasteiger partial charge in [-0.3, -0.25) is 4.79 Å². The normalized spacial score (nSPS) is 14.4. The Kier molecular flexibility index (Phi) is 5.18. The number of carbonyl (C=O) groups is 1. The molecule has 0 spiro atoms. The van der Waals surface area contributed by atoms with Crippen LogP contribution in [0.3, 0.4) is 0 Å². The predicted octanol–water partition coefficient (Wildman–Crippen LogP) is 4.02. The van der Waals surface area contributed by atoms with Crippen molar-refractivity contribution in [1.82, 2.24) is 10.2 Å². The smallest absolute Gasteiger partial charge is 0.224 e. The molecule has 1 heterocycles. The third kappa shape index (κ3) is 3.80. The molecule has 0 fully saturated rings. The summed E-state index contributed by atoms with van der Waals surface area (Å²) in [5.41, 5.74) is 5.34. The molecule has 0 radical (unpaired) electrons. The van der Waals surface area contributed by atoms with Crippen molar-refractivity contribution in [1.29, 1.82) is 0 Å². The van der Waals surface area contributed by atoms with Crippen LogP contribution < -0.4 is 5.32 Å². The van der Waals surface area contributed by atoms with E-state index in [0.29, 0.717) is 6.54 Å². The molecule has 146 valence electrons. The van der Waals surface area contributed by atoms with Crippen LogP contribution in [0.25, 0.3) is 11.0 Å². The molecule has 1 aromatic heterocycles. The Morgan fingerprint density at radius 2 is 2.00 bits per heavy atom. The lowest BCUT2D eigenvalue weighted by atomic mass is 10.0. The molecule has 3 aromatic rings. The highest BCUT2D eigenvalue weighted by atomic mass is 19.1. The molecule has 28 heavy (non-hydrogen) atoms. The molecule has 1 unspecified atom stereocenters. The molecule has 2 aromatic carbocycles.